The summed E-state index contributed by atoms with van der Waals surface area (Å²) in [6, 6.07) is 12.8. The SMILES string of the molecule is Cc1ccc(N(C=O)C(=O)c2c(NS(=O)(=O)c3ccc(C(C)(C)C)cc3)ccc(Cl)c2C)c(C)n1. The Morgan fingerprint density at radius 3 is 2.17 bits per heavy atom. The van der Waals surface area contributed by atoms with Crippen LogP contribution < -0.4 is 9.62 Å². The lowest BCUT2D eigenvalue weighted by atomic mass is 9.87. The third kappa shape index (κ3) is 5.55. The fourth-order valence-corrected chi connectivity index (χ4v) is 4.88. The molecule has 35 heavy (non-hydrogen) atoms. The molecule has 0 unspecified atom stereocenters. The minimum Gasteiger partial charge on any atom is -0.279 e. The van der Waals surface area contributed by atoms with Crippen molar-refractivity contribution in [3.63, 3.8) is 0 Å². The lowest BCUT2D eigenvalue weighted by Gasteiger charge is -2.22. The van der Waals surface area contributed by atoms with E-state index in [9.17, 15) is 18.0 Å². The number of hydrogen-bond donors (Lipinski definition) is 1. The first-order chi connectivity index (χ1) is 16.3. The van der Waals surface area contributed by atoms with Gasteiger partial charge in [0.1, 0.15) is 0 Å². The van der Waals surface area contributed by atoms with Gasteiger partial charge < -0.3 is 0 Å². The van der Waals surface area contributed by atoms with Crippen molar-refractivity contribution < 1.29 is 18.0 Å². The van der Waals surface area contributed by atoms with Gasteiger partial charge in [0.25, 0.3) is 15.9 Å². The van der Waals surface area contributed by atoms with Gasteiger partial charge in [-0.15, -0.1) is 0 Å². The Hall–Kier alpha value is -3.23. The number of benzene rings is 2. The Morgan fingerprint density at radius 2 is 1.63 bits per heavy atom. The molecule has 7 nitrogen and oxygen atoms in total. The van der Waals surface area contributed by atoms with Crippen molar-refractivity contribution in [2.75, 3.05) is 9.62 Å². The van der Waals surface area contributed by atoms with E-state index in [1.165, 1.54) is 24.3 Å². The van der Waals surface area contributed by atoms with Crippen molar-refractivity contribution in [3.8, 4) is 0 Å². The number of carbonyl (C=O) groups excluding carboxylic acids is 2. The van der Waals surface area contributed by atoms with Gasteiger partial charge in [0.2, 0.25) is 6.41 Å². The molecule has 0 aliphatic rings. The van der Waals surface area contributed by atoms with E-state index in [-0.39, 0.29) is 26.6 Å². The van der Waals surface area contributed by atoms with Crippen LogP contribution in [0.1, 0.15) is 53.6 Å². The van der Waals surface area contributed by atoms with Crippen LogP contribution in [-0.4, -0.2) is 25.7 Å². The summed E-state index contributed by atoms with van der Waals surface area (Å²) in [5.74, 6) is -0.727. The first-order valence-electron chi connectivity index (χ1n) is 10.9. The summed E-state index contributed by atoms with van der Waals surface area (Å²) in [4.78, 5) is 30.8. The van der Waals surface area contributed by atoms with E-state index in [0.29, 0.717) is 23.4 Å². The third-order valence-electron chi connectivity index (χ3n) is 5.67. The summed E-state index contributed by atoms with van der Waals surface area (Å²) in [5, 5.41) is 0.260. The fourth-order valence-electron chi connectivity index (χ4n) is 3.65. The van der Waals surface area contributed by atoms with E-state index >= 15 is 0 Å². The van der Waals surface area contributed by atoms with Gasteiger partial charge in [0.15, 0.2) is 0 Å². The minimum absolute atomic E-state index is 0.0152. The second-order valence-corrected chi connectivity index (χ2v) is 11.4. The van der Waals surface area contributed by atoms with E-state index in [0.717, 1.165) is 16.2 Å². The Morgan fingerprint density at radius 1 is 1.00 bits per heavy atom. The standard InChI is InChI=1S/C26H28ClN3O4S/c1-16-7-14-23(18(3)28-16)30(15-31)25(32)24-17(2)21(27)12-13-22(24)29-35(33,34)20-10-8-19(9-11-20)26(4,5)6/h7-15,29H,1-6H3. The molecule has 0 fully saturated rings. The highest BCUT2D eigenvalue weighted by Gasteiger charge is 2.27. The highest BCUT2D eigenvalue weighted by atomic mass is 35.5. The number of carbonyl (C=O) groups is 2. The number of imide groups is 1. The molecule has 0 saturated carbocycles. The van der Waals surface area contributed by atoms with E-state index < -0.39 is 15.9 Å². The lowest BCUT2D eigenvalue weighted by Crippen LogP contribution is -2.32. The van der Waals surface area contributed by atoms with E-state index in [2.05, 4.69) is 9.71 Å². The van der Waals surface area contributed by atoms with Crippen LogP contribution in [0.3, 0.4) is 0 Å². The van der Waals surface area contributed by atoms with Gasteiger partial charge in [-0.3, -0.25) is 19.3 Å². The molecule has 3 rings (SSSR count). The molecule has 1 heterocycles. The number of rotatable bonds is 6. The van der Waals surface area contributed by atoms with Crippen molar-refractivity contribution >= 4 is 45.3 Å². The predicted molar refractivity (Wildman–Crippen MR) is 139 cm³/mol. The van der Waals surface area contributed by atoms with Gasteiger partial charge in [-0.1, -0.05) is 44.5 Å². The van der Waals surface area contributed by atoms with Crippen LogP contribution in [0.25, 0.3) is 0 Å². The summed E-state index contributed by atoms with van der Waals surface area (Å²) < 4.78 is 28.9. The molecule has 9 heteroatoms. The number of anilines is 2. The van der Waals surface area contributed by atoms with Crippen LogP contribution in [-0.2, 0) is 20.2 Å². The van der Waals surface area contributed by atoms with E-state index in [1.54, 1.807) is 45.0 Å². The molecular weight excluding hydrogens is 486 g/mol. The summed E-state index contributed by atoms with van der Waals surface area (Å²) in [6.07, 6.45) is 0.380. The van der Waals surface area contributed by atoms with Gasteiger partial charge >= 0.3 is 0 Å². The average molecular weight is 514 g/mol. The smallest absolute Gasteiger partial charge is 0.267 e. The van der Waals surface area contributed by atoms with Crippen molar-refractivity contribution in [2.45, 2.75) is 51.9 Å². The molecule has 0 bridgehead atoms. The summed E-state index contributed by atoms with van der Waals surface area (Å²) in [7, 11) is -4.04. The molecule has 184 valence electrons. The number of aromatic nitrogens is 1. The highest BCUT2D eigenvalue weighted by Crippen LogP contribution is 2.32. The molecule has 1 aromatic heterocycles. The number of halogens is 1. The third-order valence-corrected chi connectivity index (χ3v) is 7.46. The number of nitrogens with one attached hydrogen (secondary N) is 1. The maximum absolute atomic E-state index is 13.6. The first-order valence-corrected chi connectivity index (χ1v) is 12.8. The molecule has 2 aromatic carbocycles. The molecule has 2 amide bonds. The molecular formula is C26H28ClN3O4S. The Balaban J connectivity index is 2.06. The van der Waals surface area contributed by atoms with Crippen LogP contribution in [0.2, 0.25) is 5.02 Å². The van der Waals surface area contributed by atoms with Crippen LogP contribution >= 0.6 is 11.6 Å². The van der Waals surface area contributed by atoms with E-state index in [4.69, 9.17) is 11.6 Å². The molecule has 0 radical (unpaired) electrons. The molecule has 0 aliphatic carbocycles. The van der Waals surface area contributed by atoms with Crippen LogP contribution in [0, 0.1) is 20.8 Å². The Kier molecular flexibility index (Phi) is 7.38. The Bertz CT molecular complexity index is 1400. The van der Waals surface area contributed by atoms with Gasteiger partial charge in [0.05, 0.1) is 27.5 Å². The van der Waals surface area contributed by atoms with Crippen LogP contribution in [0.15, 0.2) is 53.4 Å². The highest BCUT2D eigenvalue weighted by molar-refractivity contribution is 7.92. The van der Waals surface area contributed by atoms with Crippen LogP contribution in [0.5, 0.6) is 0 Å². The van der Waals surface area contributed by atoms with Crippen molar-refractivity contribution in [3.05, 3.63) is 81.6 Å². The normalized spacial score (nSPS) is 11.7. The van der Waals surface area contributed by atoms with Crippen molar-refractivity contribution in [1.82, 2.24) is 4.98 Å². The molecule has 0 aliphatic heterocycles. The fraction of sp³-hybridized carbons (Fsp3) is 0.269. The number of sulfonamides is 1. The molecule has 0 spiro atoms. The zero-order valence-corrected chi connectivity index (χ0v) is 22.1. The zero-order valence-electron chi connectivity index (χ0n) is 20.5. The lowest BCUT2D eigenvalue weighted by molar-refractivity contribution is -0.106. The second-order valence-electron chi connectivity index (χ2n) is 9.31. The summed E-state index contributed by atoms with van der Waals surface area (Å²) in [6.45, 7) is 11.2. The molecule has 3 aromatic rings. The van der Waals surface area contributed by atoms with E-state index in [1.807, 2.05) is 20.8 Å². The predicted octanol–water partition coefficient (Wildman–Crippen LogP) is 5.56. The van der Waals surface area contributed by atoms with Crippen LogP contribution in [0.4, 0.5) is 11.4 Å². The Labute approximate surface area is 211 Å². The molecule has 0 saturated heterocycles. The average Bonchev–Trinajstić information content (AvgIpc) is 2.77. The minimum atomic E-state index is -4.04. The number of amides is 2. The maximum atomic E-state index is 13.6. The zero-order chi connectivity index (χ0) is 26.1. The molecule has 1 N–H and O–H groups in total. The van der Waals surface area contributed by atoms with Crippen molar-refractivity contribution in [1.29, 1.82) is 0 Å². The number of aryl methyl sites for hydroxylation is 2. The number of nitrogens with zero attached hydrogens (tertiary/aromatic N) is 2. The number of hydrogen-bond acceptors (Lipinski definition) is 5. The maximum Gasteiger partial charge on any atom is 0.267 e. The summed E-state index contributed by atoms with van der Waals surface area (Å²) in [5.41, 5.74) is 2.68. The van der Waals surface area contributed by atoms with Crippen molar-refractivity contribution in [2.24, 2.45) is 0 Å². The first kappa shape index (κ1) is 26.4. The molecule has 0 atom stereocenters. The monoisotopic (exact) mass is 513 g/mol. The quantitative estimate of drug-likeness (QED) is 0.435. The van der Waals surface area contributed by atoms with Gasteiger partial charge in [-0.05, 0) is 73.7 Å². The van der Waals surface area contributed by atoms with Gasteiger partial charge in [-0.25, -0.2) is 13.3 Å². The largest absolute Gasteiger partial charge is 0.279 e. The van der Waals surface area contributed by atoms with Gasteiger partial charge in [-0.2, -0.15) is 0 Å². The number of pyridine rings is 1. The van der Waals surface area contributed by atoms with Gasteiger partial charge in [0, 0.05) is 10.7 Å². The summed E-state index contributed by atoms with van der Waals surface area (Å²) >= 11 is 6.28. The topological polar surface area (TPSA) is 96.4 Å². The second kappa shape index (κ2) is 9.79.